The zero-order chi connectivity index (χ0) is 8.32. The lowest BCUT2D eigenvalue weighted by molar-refractivity contribution is 0.289. The third kappa shape index (κ3) is 2.80. The van der Waals surface area contributed by atoms with Gasteiger partial charge in [-0.3, -0.25) is 0 Å². The van der Waals surface area contributed by atoms with Crippen LogP contribution in [0.25, 0.3) is 0 Å². The van der Waals surface area contributed by atoms with E-state index in [1.165, 1.54) is 26.1 Å². The quantitative estimate of drug-likeness (QED) is 0.662. The monoisotopic (exact) mass is 156 g/mol. The van der Waals surface area contributed by atoms with Crippen LogP contribution < -0.4 is 5.73 Å². The molecule has 0 aliphatic carbocycles. The molecule has 0 unspecified atom stereocenters. The van der Waals surface area contributed by atoms with Gasteiger partial charge < -0.3 is 10.6 Å². The molecule has 0 aromatic carbocycles. The number of nitrogens with two attached hydrogens (primary N) is 1. The molecular formula is C9H20N2. The van der Waals surface area contributed by atoms with Gasteiger partial charge in [-0.2, -0.15) is 0 Å². The number of rotatable bonds is 3. The van der Waals surface area contributed by atoms with Gasteiger partial charge in [0.25, 0.3) is 0 Å². The summed E-state index contributed by atoms with van der Waals surface area (Å²) in [4.78, 5) is 2.52. The molecule has 2 heteroatoms. The van der Waals surface area contributed by atoms with Crippen LogP contribution in [0.15, 0.2) is 0 Å². The molecule has 0 aromatic rings. The predicted molar refractivity (Wildman–Crippen MR) is 48.5 cm³/mol. The van der Waals surface area contributed by atoms with Crippen molar-refractivity contribution in [2.45, 2.75) is 26.7 Å². The van der Waals surface area contributed by atoms with E-state index in [0.29, 0.717) is 5.41 Å². The molecule has 1 aliphatic heterocycles. The van der Waals surface area contributed by atoms with E-state index in [9.17, 15) is 0 Å². The van der Waals surface area contributed by atoms with E-state index in [-0.39, 0.29) is 0 Å². The third-order valence-electron chi connectivity index (χ3n) is 2.43. The molecular weight excluding hydrogens is 136 g/mol. The second kappa shape index (κ2) is 3.55. The van der Waals surface area contributed by atoms with E-state index in [1.807, 2.05) is 0 Å². The Morgan fingerprint density at radius 1 is 1.45 bits per heavy atom. The van der Waals surface area contributed by atoms with Crippen molar-refractivity contribution in [2.24, 2.45) is 11.1 Å². The highest BCUT2D eigenvalue weighted by atomic mass is 15.1. The van der Waals surface area contributed by atoms with Crippen molar-refractivity contribution in [1.82, 2.24) is 4.90 Å². The van der Waals surface area contributed by atoms with Crippen molar-refractivity contribution >= 4 is 0 Å². The van der Waals surface area contributed by atoms with Crippen molar-refractivity contribution in [3.63, 3.8) is 0 Å². The van der Waals surface area contributed by atoms with E-state index < -0.39 is 0 Å². The van der Waals surface area contributed by atoms with Crippen LogP contribution in [0.3, 0.4) is 0 Å². The van der Waals surface area contributed by atoms with E-state index in [2.05, 4.69) is 18.7 Å². The van der Waals surface area contributed by atoms with Gasteiger partial charge in [-0.1, -0.05) is 13.8 Å². The number of likely N-dealkylation sites (tertiary alicyclic amines) is 1. The lowest BCUT2D eigenvalue weighted by Crippen LogP contribution is -2.25. The Kier molecular flexibility index (Phi) is 2.90. The fourth-order valence-corrected chi connectivity index (χ4v) is 1.73. The van der Waals surface area contributed by atoms with Gasteiger partial charge in [0.15, 0.2) is 0 Å². The molecule has 1 heterocycles. The SMILES string of the molecule is CC1(C)CCN(CCCN)C1. The predicted octanol–water partition coefficient (Wildman–Crippen LogP) is 1.07. The fraction of sp³-hybridized carbons (Fsp3) is 1.00. The van der Waals surface area contributed by atoms with Gasteiger partial charge in [0.1, 0.15) is 0 Å². The van der Waals surface area contributed by atoms with Crippen molar-refractivity contribution in [2.75, 3.05) is 26.2 Å². The van der Waals surface area contributed by atoms with E-state index in [1.54, 1.807) is 0 Å². The Morgan fingerprint density at radius 3 is 2.64 bits per heavy atom. The molecule has 0 radical (unpaired) electrons. The van der Waals surface area contributed by atoms with Crippen LogP contribution in [-0.4, -0.2) is 31.1 Å². The standard InChI is InChI=1S/C9H20N2/c1-9(2)4-7-11(8-9)6-3-5-10/h3-8,10H2,1-2H3. The van der Waals surface area contributed by atoms with Crippen molar-refractivity contribution < 1.29 is 0 Å². The Bertz CT molecular complexity index is 121. The van der Waals surface area contributed by atoms with Gasteiger partial charge in [0, 0.05) is 6.54 Å². The van der Waals surface area contributed by atoms with Gasteiger partial charge in [0.2, 0.25) is 0 Å². The zero-order valence-corrected chi connectivity index (χ0v) is 7.77. The minimum absolute atomic E-state index is 0.550. The van der Waals surface area contributed by atoms with Crippen molar-refractivity contribution in [3.05, 3.63) is 0 Å². The maximum atomic E-state index is 5.45. The topological polar surface area (TPSA) is 29.3 Å². The number of hydrogen-bond donors (Lipinski definition) is 1. The van der Waals surface area contributed by atoms with Gasteiger partial charge in [-0.05, 0) is 37.9 Å². The first-order valence-electron chi connectivity index (χ1n) is 4.56. The van der Waals surface area contributed by atoms with Gasteiger partial charge in [0.05, 0.1) is 0 Å². The zero-order valence-electron chi connectivity index (χ0n) is 7.77. The van der Waals surface area contributed by atoms with Crippen LogP contribution in [0.1, 0.15) is 26.7 Å². The Hall–Kier alpha value is -0.0800. The molecule has 0 atom stereocenters. The van der Waals surface area contributed by atoms with E-state index >= 15 is 0 Å². The van der Waals surface area contributed by atoms with Crippen molar-refractivity contribution in [1.29, 1.82) is 0 Å². The normalized spacial score (nSPS) is 24.3. The van der Waals surface area contributed by atoms with Crippen molar-refractivity contribution in [3.8, 4) is 0 Å². The van der Waals surface area contributed by atoms with E-state index in [0.717, 1.165) is 13.0 Å². The fourth-order valence-electron chi connectivity index (χ4n) is 1.73. The Balaban J connectivity index is 2.20. The molecule has 0 saturated carbocycles. The lowest BCUT2D eigenvalue weighted by atomic mass is 9.93. The second-order valence-electron chi connectivity index (χ2n) is 4.33. The average Bonchev–Trinajstić information content (AvgIpc) is 2.26. The Morgan fingerprint density at radius 2 is 2.18 bits per heavy atom. The summed E-state index contributed by atoms with van der Waals surface area (Å²) < 4.78 is 0. The molecule has 66 valence electrons. The molecule has 1 saturated heterocycles. The first-order valence-corrected chi connectivity index (χ1v) is 4.56. The molecule has 2 N–H and O–H groups in total. The summed E-state index contributed by atoms with van der Waals surface area (Å²) in [5.74, 6) is 0. The summed E-state index contributed by atoms with van der Waals surface area (Å²) in [6.45, 7) is 9.24. The second-order valence-corrected chi connectivity index (χ2v) is 4.33. The van der Waals surface area contributed by atoms with Crippen LogP contribution in [0.4, 0.5) is 0 Å². The summed E-state index contributed by atoms with van der Waals surface area (Å²) in [5, 5.41) is 0. The maximum Gasteiger partial charge on any atom is 0.00332 e. The lowest BCUT2D eigenvalue weighted by Gasteiger charge is -2.18. The summed E-state index contributed by atoms with van der Waals surface area (Å²) >= 11 is 0. The Labute approximate surface area is 69.8 Å². The highest BCUT2D eigenvalue weighted by Gasteiger charge is 2.28. The van der Waals surface area contributed by atoms with Gasteiger partial charge in [-0.15, -0.1) is 0 Å². The molecule has 1 fully saturated rings. The highest BCUT2D eigenvalue weighted by molar-refractivity contribution is 4.82. The number of hydrogen-bond acceptors (Lipinski definition) is 2. The molecule has 1 rings (SSSR count). The molecule has 0 spiro atoms. The summed E-state index contributed by atoms with van der Waals surface area (Å²) in [7, 11) is 0. The molecule has 2 nitrogen and oxygen atoms in total. The summed E-state index contributed by atoms with van der Waals surface area (Å²) in [5.41, 5.74) is 6.00. The smallest absolute Gasteiger partial charge is 0.00332 e. The molecule has 0 bridgehead atoms. The summed E-state index contributed by atoms with van der Waals surface area (Å²) in [6, 6.07) is 0. The summed E-state index contributed by atoms with van der Waals surface area (Å²) in [6.07, 6.45) is 2.49. The van der Waals surface area contributed by atoms with Crippen LogP contribution in [0.2, 0.25) is 0 Å². The minimum Gasteiger partial charge on any atom is -0.330 e. The highest BCUT2D eigenvalue weighted by Crippen LogP contribution is 2.28. The molecule has 11 heavy (non-hydrogen) atoms. The number of nitrogens with zero attached hydrogens (tertiary/aromatic N) is 1. The van der Waals surface area contributed by atoms with E-state index in [4.69, 9.17) is 5.73 Å². The molecule has 0 amide bonds. The van der Waals surface area contributed by atoms with Gasteiger partial charge in [-0.25, -0.2) is 0 Å². The van der Waals surface area contributed by atoms with Crippen LogP contribution >= 0.6 is 0 Å². The van der Waals surface area contributed by atoms with Crippen LogP contribution in [0, 0.1) is 5.41 Å². The average molecular weight is 156 g/mol. The first-order chi connectivity index (χ1) is 5.14. The van der Waals surface area contributed by atoms with Crippen LogP contribution in [0.5, 0.6) is 0 Å². The van der Waals surface area contributed by atoms with Gasteiger partial charge >= 0.3 is 0 Å². The maximum absolute atomic E-state index is 5.45. The third-order valence-corrected chi connectivity index (χ3v) is 2.43. The van der Waals surface area contributed by atoms with Crippen LogP contribution in [-0.2, 0) is 0 Å². The molecule has 1 aliphatic rings. The largest absolute Gasteiger partial charge is 0.330 e. The first kappa shape index (κ1) is 9.01. The minimum atomic E-state index is 0.550. The molecule has 0 aromatic heterocycles.